The molecule has 1 saturated heterocycles. The van der Waals surface area contributed by atoms with Crippen LogP contribution >= 0.6 is 0 Å². The summed E-state index contributed by atoms with van der Waals surface area (Å²) in [6.07, 6.45) is -9.97. The van der Waals surface area contributed by atoms with Crippen LogP contribution in [0.1, 0.15) is 29.2 Å². The molecule has 0 aliphatic carbocycles. The highest BCUT2D eigenvalue weighted by Gasteiger charge is 2.38. The fraction of sp³-hybridized carbons (Fsp3) is 0.533. The van der Waals surface area contributed by atoms with Crippen LogP contribution in [-0.4, -0.2) is 31.1 Å². The van der Waals surface area contributed by atoms with Crippen LogP contribution in [0.3, 0.4) is 0 Å². The Hall–Kier alpha value is -1.79. The van der Waals surface area contributed by atoms with E-state index in [9.17, 15) is 26.3 Å². The average molecular weight is 351 g/mol. The van der Waals surface area contributed by atoms with E-state index in [1.54, 1.807) is 4.90 Å². The molecular formula is C15H15F6N3. The Bertz CT molecular complexity index is 579. The van der Waals surface area contributed by atoms with Crippen molar-refractivity contribution in [2.24, 2.45) is 0 Å². The van der Waals surface area contributed by atoms with Crippen LogP contribution in [-0.2, 0) is 12.4 Å². The number of nitriles is 1. The van der Waals surface area contributed by atoms with E-state index in [1.807, 2.05) is 6.07 Å². The molecule has 0 spiro atoms. The third-order valence-electron chi connectivity index (χ3n) is 3.87. The van der Waals surface area contributed by atoms with Crippen molar-refractivity contribution in [3.05, 3.63) is 34.9 Å². The van der Waals surface area contributed by atoms with Gasteiger partial charge in [0.1, 0.15) is 0 Å². The van der Waals surface area contributed by atoms with Crippen LogP contribution < -0.4 is 5.32 Å². The molecule has 0 saturated carbocycles. The molecule has 2 rings (SSSR count). The lowest BCUT2D eigenvalue weighted by atomic mass is 9.96. The minimum atomic E-state index is -4.89. The fourth-order valence-electron chi connectivity index (χ4n) is 2.71. The molecule has 1 aromatic rings. The molecule has 1 aliphatic heterocycles. The Kier molecular flexibility index (Phi) is 5.40. The summed E-state index contributed by atoms with van der Waals surface area (Å²) in [6.45, 7) is 2.02. The number of hydrogen-bond acceptors (Lipinski definition) is 3. The van der Waals surface area contributed by atoms with E-state index in [4.69, 9.17) is 5.26 Å². The van der Waals surface area contributed by atoms with Gasteiger partial charge in [0.15, 0.2) is 0 Å². The predicted molar refractivity (Wildman–Crippen MR) is 73.9 cm³/mol. The van der Waals surface area contributed by atoms with Gasteiger partial charge in [-0.2, -0.15) is 31.6 Å². The molecule has 9 heteroatoms. The second kappa shape index (κ2) is 6.99. The predicted octanol–water partition coefficient (Wildman–Crippen LogP) is 3.58. The molecule has 1 N–H and O–H groups in total. The molecule has 1 atom stereocenters. The summed E-state index contributed by atoms with van der Waals surface area (Å²) in [7, 11) is 0. The second-order valence-electron chi connectivity index (χ2n) is 5.50. The van der Waals surface area contributed by atoms with Crippen molar-refractivity contribution >= 4 is 0 Å². The summed E-state index contributed by atoms with van der Waals surface area (Å²) >= 11 is 0. The third kappa shape index (κ3) is 4.39. The first-order valence-electron chi connectivity index (χ1n) is 7.24. The lowest BCUT2D eigenvalue weighted by Gasteiger charge is -2.34. The second-order valence-corrected chi connectivity index (χ2v) is 5.50. The molecule has 0 bridgehead atoms. The molecule has 24 heavy (non-hydrogen) atoms. The zero-order chi connectivity index (χ0) is 18.0. The normalized spacial score (nSPS) is 18.2. The lowest BCUT2D eigenvalue weighted by Crippen LogP contribution is -2.45. The van der Waals surface area contributed by atoms with Gasteiger partial charge < -0.3 is 5.32 Å². The molecule has 3 nitrogen and oxygen atoms in total. The first-order chi connectivity index (χ1) is 11.1. The monoisotopic (exact) mass is 351 g/mol. The summed E-state index contributed by atoms with van der Waals surface area (Å²) in [6, 6.07) is 2.57. The minimum absolute atomic E-state index is 0.102. The summed E-state index contributed by atoms with van der Waals surface area (Å²) < 4.78 is 77.8. The molecule has 1 aromatic carbocycles. The van der Waals surface area contributed by atoms with Crippen molar-refractivity contribution < 1.29 is 26.3 Å². The van der Waals surface area contributed by atoms with Gasteiger partial charge in [-0.25, -0.2) is 0 Å². The van der Waals surface area contributed by atoms with Gasteiger partial charge in [-0.3, -0.25) is 4.90 Å². The Labute approximate surface area is 134 Å². The van der Waals surface area contributed by atoms with Crippen LogP contribution in [0, 0.1) is 11.3 Å². The summed E-state index contributed by atoms with van der Waals surface area (Å²) in [5.74, 6) is 0. The Balaban J connectivity index is 2.50. The SMILES string of the molecule is N#CC[C@H](c1cc(C(F)(F)F)cc(C(F)(F)F)c1)N1CCNCC1. The summed E-state index contributed by atoms with van der Waals surface area (Å²) in [5.41, 5.74) is -2.85. The molecule has 0 radical (unpaired) electrons. The number of nitrogens with zero attached hydrogens (tertiary/aromatic N) is 2. The Morgan fingerprint density at radius 2 is 1.50 bits per heavy atom. The number of benzene rings is 1. The molecule has 132 valence electrons. The van der Waals surface area contributed by atoms with Gasteiger partial charge in [0.05, 0.1) is 23.6 Å². The van der Waals surface area contributed by atoms with Crippen molar-refractivity contribution in [1.82, 2.24) is 10.2 Å². The van der Waals surface area contributed by atoms with E-state index in [1.165, 1.54) is 0 Å². The van der Waals surface area contributed by atoms with E-state index in [-0.39, 0.29) is 18.1 Å². The van der Waals surface area contributed by atoms with Crippen LogP contribution in [0.4, 0.5) is 26.3 Å². The van der Waals surface area contributed by atoms with Gasteiger partial charge in [0.2, 0.25) is 0 Å². The highest BCUT2D eigenvalue weighted by atomic mass is 19.4. The quantitative estimate of drug-likeness (QED) is 0.846. The summed E-state index contributed by atoms with van der Waals surface area (Å²) in [5, 5.41) is 12.0. The van der Waals surface area contributed by atoms with E-state index >= 15 is 0 Å². The van der Waals surface area contributed by atoms with Gasteiger partial charge in [-0.1, -0.05) is 0 Å². The Morgan fingerprint density at radius 1 is 1.00 bits per heavy atom. The number of alkyl halides is 6. The number of piperazine rings is 1. The zero-order valence-electron chi connectivity index (χ0n) is 12.5. The maximum atomic E-state index is 13.0. The zero-order valence-corrected chi connectivity index (χ0v) is 12.5. The molecule has 0 amide bonds. The van der Waals surface area contributed by atoms with Crippen LogP contribution in [0.25, 0.3) is 0 Å². The average Bonchev–Trinajstić information content (AvgIpc) is 2.51. The summed E-state index contributed by atoms with van der Waals surface area (Å²) in [4.78, 5) is 1.73. The first-order valence-corrected chi connectivity index (χ1v) is 7.24. The Morgan fingerprint density at radius 3 is 1.92 bits per heavy atom. The molecule has 1 heterocycles. The van der Waals surface area contributed by atoms with Gasteiger partial charge in [-0.05, 0) is 23.8 Å². The van der Waals surface area contributed by atoms with Crippen molar-refractivity contribution in [3.63, 3.8) is 0 Å². The van der Waals surface area contributed by atoms with Gasteiger partial charge in [0, 0.05) is 32.2 Å². The van der Waals surface area contributed by atoms with Gasteiger partial charge in [-0.15, -0.1) is 0 Å². The number of rotatable bonds is 3. The van der Waals surface area contributed by atoms with Crippen molar-refractivity contribution in [1.29, 1.82) is 5.26 Å². The van der Waals surface area contributed by atoms with E-state index < -0.39 is 29.5 Å². The molecule has 1 aliphatic rings. The van der Waals surface area contributed by atoms with Gasteiger partial charge in [0.25, 0.3) is 0 Å². The van der Waals surface area contributed by atoms with Crippen molar-refractivity contribution in [2.75, 3.05) is 26.2 Å². The largest absolute Gasteiger partial charge is 0.416 e. The number of halogens is 6. The van der Waals surface area contributed by atoms with Crippen LogP contribution in [0.15, 0.2) is 18.2 Å². The molecule has 1 fully saturated rings. The highest BCUT2D eigenvalue weighted by molar-refractivity contribution is 5.35. The number of nitrogens with one attached hydrogen (secondary N) is 1. The standard InChI is InChI=1S/C15H15F6N3/c16-14(17,18)11-7-10(8-12(9-11)15(19,20)21)13(1-2-22)24-5-3-23-4-6-24/h7-9,13,23H,1,3-6H2/t13-/m1/s1. The van der Waals surface area contributed by atoms with Crippen LogP contribution in [0.5, 0.6) is 0 Å². The molecule has 0 aromatic heterocycles. The van der Waals surface area contributed by atoms with Gasteiger partial charge >= 0.3 is 12.4 Å². The van der Waals surface area contributed by atoms with Crippen molar-refractivity contribution in [3.8, 4) is 6.07 Å². The maximum absolute atomic E-state index is 13.0. The van der Waals surface area contributed by atoms with Crippen molar-refractivity contribution in [2.45, 2.75) is 24.8 Å². The minimum Gasteiger partial charge on any atom is -0.314 e. The smallest absolute Gasteiger partial charge is 0.314 e. The topological polar surface area (TPSA) is 39.1 Å². The van der Waals surface area contributed by atoms with E-state index in [0.717, 1.165) is 0 Å². The maximum Gasteiger partial charge on any atom is 0.416 e. The van der Waals surface area contributed by atoms with E-state index in [2.05, 4.69) is 5.32 Å². The first kappa shape index (κ1) is 18.5. The molecular weight excluding hydrogens is 336 g/mol. The highest BCUT2D eigenvalue weighted by Crippen LogP contribution is 2.38. The fourth-order valence-corrected chi connectivity index (χ4v) is 2.71. The van der Waals surface area contributed by atoms with Crippen LogP contribution in [0.2, 0.25) is 0 Å². The number of hydrogen-bond donors (Lipinski definition) is 1. The third-order valence-corrected chi connectivity index (χ3v) is 3.87. The lowest BCUT2D eigenvalue weighted by molar-refractivity contribution is -0.143. The molecule has 0 unspecified atom stereocenters. The van der Waals surface area contributed by atoms with E-state index in [0.29, 0.717) is 38.3 Å².